The summed E-state index contributed by atoms with van der Waals surface area (Å²) in [5.74, 6) is 2.93. The zero-order valence-electron chi connectivity index (χ0n) is 16.2. The van der Waals surface area contributed by atoms with Crippen LogP contribution in [0.1, 0.15) is 44.7 Å². The number of piperazine rings is 1. The van der Waals surface area contributed by atoms with E-state index in [0.717, 1.165) is 37.8 Å². The number of hydrogen-bond donors (Lipinski definition) is 0. The van der Waals surface area contributed by atoms with E-state index in [9.17, 15) is 4.79 Å². The monoisotopic (exact) mass is 368 g/mol. The molecule has 3 heterocycles. The number of hydrogen-bond acceptors (Lipinski definition) is 6. The van der Waals surface area contributed by atoms with Crippen LogP contribution >= 0.6 is 0 Å². The van der Waals surface area contributed by atoms with E-state index in [1.54, 1.807) is 17.1 Å². The van der Waals surface area contributed by atoms with Crippen molar-refractivity contribution < 1.29 is 0 Å². The van der Waals surface area contributed by atoms with Crippen molar-refractivity contribution in [2.45, 2.75) is 45.6 Å². The topological polar surface area (TPSA) is 67.2 Å². The molecule has 1 aliphatic carbocycles. The van der Waals surface area contributed by atoms with Crippen LogP contribution in [0, 0.1) is 5.92 Å². The van der Waals surface area contributed by atoms with Gasteiger partial charge >= 0.3 is 0 Å². The Balaban J connectivity index is 1.42. The van der Waals surface area contributed by atoms with Crippen molar-refractivity contribution in [2.24, 2.45) is 5.92 Å². The van der Waals surface area contributed by atoms with Gasteiger partial charge in [-0.2, -0.15) is 5.10 Å². The summed E-state index contributed by atoms with van der Waals surface area (Å²) >= 11 is 0. The van der Waals surface area contributed by atoms with Crippen LogP contribution in [0.3, 0.4) is 0 Å². The van der Waals surface area contributed by atoms with Gasteiger partial charge in [-0.25, -0.2) is 14.6 Å². The second-order valence-electron chi connectivity index (χ2n) is 8.01. The molecule has 2 aromatic heterocycles. The van der Waals surface area contributed by atoms with E-state index in [2.05, 4.69) is 44.8 Å². The van der Waals surface area contributed by atoms with Crippen LogP contribution in [-0.4, -0.2) is 45.9 Å². The van der Waals surface area contributed by atoms with Gasteiger partial charge in [0.15, 0.2) is 0 Å². The van der Waals surface area contributed by atoms with Gasteiger partial charge < -0.3 is 9.80 Å². The lowest BCUT2D eigenvalue weighted by atomic mass is 9.83. The molecule has 27 heavy (non-hydrogen) atoms. The van der Waals surface area contributed by atoms with E-state index in [1.807, 2.05) is 6.07 Å². The van der Waals surface area contributed by atoms with Gasteiger partial charge in [-0.1, -0.05) is 20.3 Å². The van der Waals surface area contributed by atoms with Gasteiger partial charge in [0, 0.05) is 56.5 Å². The Bertz CT molecular complexity index is 836. The molecule has 1 saturated heterocycles. The molecular weight excluding hydrogens is 340 g/mol. The SMILES string of the molecule is CC(C)Cn1nc(N2CCN(c3cc(C4CCC4)ncn3)CC2)ccc1=O. The van der Waals surface area contributed by atoms with Crippen LogP contribution < -0.4 is 15.4 Å². The zero-order chi connectivity index (χ0) is 18.8. The van der Waals surface area contributed by atoms with E-state index < -0.39 is 0 Å². The molecule has 0 atom stereocenters. The molecule has 0 bridgehead atoms. The summed E-state index contributed by atoms with van der Waals surface area (Å²) in [5.41, 5.74) is 1.16. The third kappa shape index (κ3) is 3.96. The van der Waals surface area contributed by atoms with Crippen molar-refractivity contribution in [3.05, 3.63) is 40.6 Å². The van der Waals surface area contributed by atoms with Crippen molar-refractivity contribution in [3.8, 4) is 0 Å². The second-order valence-corrected chi connectivity index (χ2v) is 8.01. The summed E-state index contributed by atoms with van der Waals surface area (Å²) in [6, 6.07) is 5.64. The van der Waals surface area contributed by atoms with Gasteiger partial charge in [-0.3, -0.25) is 4.79 Å². The van der Waals surface area contributed by atoms with E-state index in [0.29, 0.717) is 18.4 Å². The van der Waals surface area contributed by atoms with Gasteiger partial charge in [0.1, 0.15) is 18.0 Å². The highest BCUT2D eigenvalue weighted by molar-refractivity contribution is 5.45. The Kier molecular flexibility index (Phi) is 5.09. The van der Waals surface area contributed by atoms with Crippen LogP contribution in [0.2, 0.25) is 0 Å². The number of anilines is 2. The summed E-state index contributed by atoms with van der Waals surface area (Å²) in [6.07, 6.45) is 5.53. The van der Waals surface area contributed by atoms with Crippen LogP contribution in [0.25, 0.3) is 0 Å². The molecule has 2 aromatic rings. The Morgan fingerprint density at radius 2 is 1.74 bits per heavy atom. The normalized spacial score (nSPS) is 18.0. The van der Waals surface area contributed by atoms with E-state index in [4.69, 9.17) is 0 Å². The molecule has 7 heteroatoms. The maximum atomic E-state index is 12.0. The highest BCUT2D eigenvalue weighted by Crippen LogP contribution is 2.35. The largest absolute Gasteiger partial charge is 0.353 e. The number of rotatable bonds is 5. The predicted molar refractivity (Wildman–Crippen MR) is 106 cm³/mol. The molecule has 0 amide bonds. The van der Waals surface area contributed by atoms with Gasteiger partial charge in [-0.15, -0.1) is 0 Å². The first-order chi connectivity index (χ1) is 13.1. The summed E-state index contributed by atoms with van der Waals surface area (Å²) < 4.78 is 1.59. The van der Waals surface area contributed by atoms with Crippen molar-refractivity contribution in [3.63, 3.8) is 0 Å². The fourth-order valence-electron chi connectivity index (χ4n) is 3.71. The van der Waals surface area contributed by atoms with Crippen molar-refractivity contribution >= 4 is 11.6 Å². The molecular formula is C20H28N6O. The molecule has 144 valence electrons. The second kappa shape index (κ2) is 7.66. The van der Waals surface area contributed by atoms with Gasteiger partial charge in [0.2, 0.25) is 0 Å². The van der Waals surface area contributed by atoms with Crippen LogP contribution in [0.4, 0.5) is 11.6 Å². The van der Waals surface area contributed by atoms with Crippen molar-refractivity contribution in [1.29, 1.82) is 0 Å². The fourth-order valence-corrected chi connectivity index (χ4v) is 3.71. The zero-order valence-corrected chi connectivity index (χ0v) is 16.2. The summed E-state index contributed by atoms with van der Waals surface area (Å²) in [4.78, 5) is 25.5. The molecule has 0 radical (unpaired) electrons. The van der Waals surface area contributed by atoms with E-state index in [1.165, 1.54) is 25.0 Å². The Labute approximate surface area is 160 Å². The fraction of sp³-hybridized carbons (Fsp3) is 0.600. The first kappa shape index (κ1) is 17.9. The molecule has 1 aliphatic heterocycles. The standard InChI is InChI=1S/C20H28N6O/c1-15(2)13-26-20(27)7-6-18(23-26)24-8-10-25(11-9-24)19-12-17(21-14-22-19)16-4-3-5-16/h6-7,12,14-16H,3-5,8-11,13H2,1-2H3. The van der Waals surface area contributed by atoms with Gasteiger partial charge in [-0.05, 0) is 24.8 Å². The average Bonchev–Trinajstić information content (AvgIpc) is 2.62. The predicted octanol–water partition coefficient (Wildman–Crippen LogP) is 2.28. The lowest BCUT2D eigenvalue weighted by Gasteiger charge is -2.36. The summed E-state index contributed by atoms with van der Waals surface area (Å²) in [5, 5.41) is 4.58. The third-order valence-corrected chi connectivity index (χ3v) is 5.52. The van der Waals surface area contributed by atoms with Gasteiger partial charge in [0.05, 0.1) is 0 Å². The van der Waals surface area contributed by atoms with E-state index >= 15 is 0 Å². The van der Waals surface area contributed by atoms with Crippen LogP contribution in [0.5, 0.6) is 0 Å². The first-order valence-electron chi connectivity index (χ1n) is 10.00. The minimum absolute atomic E-state index is 0.0319. The average molecular weight is 368 g/mol. The van der Waals surface area contributed by atoms with Crippen molar-refractivity contribution in [1.82, 2.24) is 19.7 Å². The lowest BCUT2D eigenvalue weighted by Crippen LogP contribution is -2.47. The summed E-state index contributed by atoms with van der Waals surface area (Å²) in [6.45, 7) is 8.37. The smallest absolute Gasteiger partial charge is 0.266 e. The van der Waals surface area contributed by atoms with Crippen molar-refractivity contribution in [2.75, 3.05) is 36.0 Å². The number of nitrogens with zero attached hydrogens (tertiary/aromatic N) is 6. The molecule has 0 N–H and O–H groups in total. The van der Waals surface area contributed by atoms with E-state index in [-0.39, 0.29) is 5.56 Å². The Morgan fingerprint density at radius 1 is 1.04 bits per heavy atom. The van der Waals surface area contributed by atoms with Crippen LogP contribution in [0.15, 0.2) is 29.3 Å². The van der Waals surface area contributed by atoms with Gasteiger partial charge in [0.25, 0.3) is 5.56 Å². The highest BCUT2D eigenvalue weighted by atomic mass is 16.1. The third-order valence-electron chi connectivity index (χ3n) is 5.52. The molecule has 4 rings (SSSR count). The quantitative estimate of drug-likeness (QED) is 0.807. The summed E-state index contributed by atoms with van der Waals surface area (Å²) in [7, 11) is 0. The first-order valence-corrected chi connectivity index (χ1v) is 10.00. The molecule has 2 aliphatic rings. The minimum atomic E-state index is -0.0319. The lowest BCUT2D eigenvalue weighted by molar-refractivity contribution is 0.410. The maximum absolute atomic E-state index is 12.0. The highest BCUT2D eigenvalue weighted by Gasteiger charge is 2.24. The number of aromatic nitrogens is 4. The molecule has 2 fully saturated rings. The maximum Gasteiger partial charge on any atom is 0.266 e. The minimum Gasteiger partial charge on any atom is -0.353 e. The molecule has 7 nitrogen and oxygen atoms in total. The Hall–Kier alpha value is -2.44. The van der Waals surface area contributed by atoms with Crippen LogP contribution in [-0.2, 0) is 6.54 Å². The molecule has 0 spiro atoms. The Morgan fingerprint density at radius 3 is 2.37 bits per heavy atom. The molecule has 0 aromatic carbocycles. The molecule has 1 saturated carbocycles. The molecule has 0 unspecified atom stereocenters.